The number of benzene rings is 1. The van der Waals surface area contributed by atoms with Crippen LogP contribution in [0.4, 0.5) is 5.69 Å². The quantitative estimate of drug-likeness (QED) is 0.596. The van der Waals surface area contributed by atoms with Crippen LogP contribution < -0.4 is 10.6 Å². The highest BCUT2D eigenvalue weighted by atomic mass is 35.5. The summed E-state index contributed by atoms with van der Waals surface area (Å²) >= 11 is 5.94. The van der Waals surface area contributed by atoms with E-state index in [-0.39, 0.29) is 11.8 Å². The summed E-state index contributed by atoms with van der Waals surface area (Å²) in [4.78, 5) is 24.9. The third-order valence-electron chi connectivity index (χ3n) is 4.27. The standard InChI is InChI=1S/C19H21ClN6O2/c1-13-4-5-14(18(27)21-6-3-8-26-9-7-22-24-26)10-16(13)23-19(28)17-11-15(20)12-25(17)2/h4-5,7,9-12H,3,6,8H2,1-2H3,(H,21,27)(H,23,28). The molecule has 3 rings (SSSR count). The van der Waals surface area contributed by atoms with Crippen LogP contribution in [0.3, 0.4) is 0 Å². The van der Waals surface area contributed by atoms with E-state index in [1.807, 2.05) is 6.92 Å². The number of hydrogen-bond acceptors (Lipinski definition) is 4. The third kappa shape index (κ3) is 4.77. The summed E-state index contributed by atoms with van der Waals surface area (Å²) in [5.41, 5.74) is 2.35. The van der Waals surface area contributed by atoms with Gasteiger partial charge in [0.2, 0.25) is 0 Å². The first kappa shape index (κ1) is 19.6. The van der Waals surface area contributed by atoms with Gasteiger partial charge in [0, 0.05) is 43.8 Å². The molecule has 0 aliphatic rings. The molecule has 8 nitrogen and oxygen atoms in total. The number of aromatic nitrogens is 4. The van der Waals surface area contributed by atoms with Gasteiger partial charge in [0.05, 0.1) is 11.2 Å². The minimum absolute atomic E-state index is 0.198. The van der Waals surface area contributed by atoms with Crippen molar-refractivity contribution in [3.05, 3.63) is 64.7 Å². The van der Waals surface area contributed by atoms with Gasteiger partial charge in [0.15, 0.2) is 0 Å². The molecule has 1 aromatic carbocycles. The Hall–Kier alpha value is -3.13. The topological polar surface area (TPSA) is 93.8 Å². The van der Waals surface area contributed by atoms with Crippen LogP contribution in [-0.4, -0.2) is 37.9 Å². The molecule has 28 heavy (non-hydrogen) atoms. The molecule has 0 radical (unpaired) electrons. The largest absolute Gasteiger partial charge is 0.352 e. The molecule has 0 aliphatic heterocycles. The molecule has 0 saturated heterocycles. The Balaban J connectivity index is 1.61. The van der Waals surface area contributed by atoms with Gasteiger partial charge in [-0.25, -0.2) is 0 Å². The van der Waals surface area contributed by atoms with Crippen LogP contribution in [0.2, 0.25) is 5.02 Å². The zero-order valence-electron chi connectivity index (χ0n) is 15.6. The predicted molar refractivity (Wildman–Crippen MR) is 107 cm³/mol. The fraction of sp³-hybridized carbons (Fsp3) is 0.263. The van der Waals surface area contributed by atoms with Crippen LogP contribution in [-0.2, 0) is 13.6 Å². The van der Waals surface area contributed by atoms with Crippen LogP contribution in [0.1, 0.15) is 32.8 Å². The van der Waals surface area contributed by atoms with Gasteiger partial charge in [0.25, 0.3) is 11.8 Å². The van der Waals surface area contributed by atoms with Gasteiger partial charge >= 0.3 is 0 Å². The number of rotatable bonds is 7. The number of hydrogen-bond donors (Lipinski definition) is 2. The maximum atomic E-state index is 12.5. The van der Waals surface area contributed by atoms with Crippen molar-refractivity contribution in [1.29, 1.82) is 0 Å². The molecule has 2 amide bonds. The molecule has 0 fully saturated rings. The number of aryl methyl sites for hydroxylation is 3. The molecule has 9 heteroatoms. The highest BCUT2D eigenvalue weighted by Gasteiger charge is 2.14. The fourth-order valence-electron chi connectivity index (χ4n) is 2.73. The lowest BCUT2D eigenvalue weighted by Gasteiger charge is -2.11. The minimum Gasteiger partial charge on any atom is -0.352 e. The lowest BCUT2D eigenvalue weighted by atomic mass is 10.1. The molecular formula is C19H21ClN6O2. The molecule has 0 spiro atoms. The Labute approximate surface area is 167 Å². The summed E-state index contributed by atoms with van der Waals surface area (Å²) in [6.45, 7) is 3.05. The highest BCUT2D eigenvalue weighted by molar-refractivity contribution is 6.31. The summed E-state index contributed by atoms with van der Waals surface area (Å²) in [6.07, 6.45) is 5.78. The number of carbonyl (C=O) groups excluding carboxylic acids is 2. The average Bonchev–Trinajstić information content (AvgIpc) is 3.29. The minimum atomic E-state index is -0.289. The molecule has 2 N–H and O–H groups in total. The smallest absolute Gasteiger partial charge is 0.272 e. The first-order chi connectivity index (χ1) is 13.4. The summed E-state index contributed by atoms with van der Waals surface area (Å²) in [5, 5.41) is 13.8. The van der Waals surface area contributed by atoms with Crippen molar-refractivity contribution in [3.8, 4) is 0 Å². The van der Waals surface area contributed by atoms with Gasteiger partial charge in [-0.1, -0.05) is 22.9 Å². The van der Waals surface area contributed by atoms with Crippen molar-refractivity contribution in [2.75, 3.05) is 11.9 Å². The summed E-state index contributed by atoms with van der Waals surface area (Å²) in [6, 6.07) is 6.80. The highest BCUT2D eigenvalue weighted by Crippen LogP contribution is 2.19. The van der Waals surface area contributed by atoms with Gasteiger partial charge in [-0.2, -0.15) is 0 Å². The maximum Gasteiger partial charge on any atom is 0.272 e. The van der Waals surface area contributed by atoms with Gasteiger partial charge in [-0.15, -0.1) is 5.10 Å². The van der Waals surface area contributed by atoms with Crippen molar-refractivity contribution in [1.82, 2.24) is 24.9 Å². The van der Waals surface area contributed by atoms with Crippen LogP contribution >= 0.6 is 11.6 Å². The predicted octanol–water partition coefficient (Wildman–Crippen LogP) is 2.65. The van der Waals surface area contributed by atoms with E-state index in [1.165, 1.54) is 0 Å². The molecule has 2 aromatic heterocycles. The van der Waals surface area contributed by atoms with Crippen molar-refractivity contribution < 1.29 is 9.59 Å². The molecule has 0 saturated carbocycles. The zero-order valence-corrected chi connectivity index (χ0v) is 16.4. The van der Waals surface area contributed by atoms with Gasteiger partial charge < -0.3 is 15.2 Å². The Morgan fingerprint density at radius 2 is 2.04 bits per heavy atom. The first-order valence-electron chi connectivity index (χ1n) is 8.80. The Bertz CT molecular complexity index is 980. The monoisotopic (exact) mass is 400 g/mol. The molecule has 2 heterocycles. The van der Waals surface area contributed by atoms with E-state index in [9.17, 15) is 9.59 Å². The summed E-state index contributed by atoms with van der Waals surface area (Å²) in [5.74, 6) is -0.487. The molecule has 0 aliphatic carbocycles. The summed E-state index contributed by atoms with van der Waals surface area (Å²) < 4.78 is 3.36. The average molecular weight is 401 g/mol. The molecule has 146 valence electrons. The summed E-state index contributed by atoms with van der Waals surface area (Å²) in [7, 11) is 1.75. The molecule has 0 unspecified atom stereocenters. The van der Waals surface area contributed by atoms with E-state index >= 15 is 0 Å². The maximum absolute atomic E-state index is 12.5. The van der Waals surface area contributed by atoms with Gasteiger partial charge in [-0.05, 0) is 37.1 Å². The number of nitrogens with one attached hydrogen (secondary N) is 2. The van der Waals surface area contributed by atoms with Crippen LogP contribution in [0.15, 0.2) is 42.9 Å². The van der Waals surface area contributed by atoms with Crippen LogP contribution in [0.5, 0.6) is 0 Å². The number of nitrogens with zero attached hydrogens (tertiary/aromatic N) is 4. The van der Waals surface area contributed by atoms with Crippen LogP contribution in [0, 0.1) is 6.92 Å². The van der Waals surface area contributed by atoms with Gasteiger partial charge in [-0.3, -0.25) is 14.3 Å². The van der Waals surface area contributed by atoms with E-state index in [1.54, 1.807) is 59.2 Å². The zero-order chi connectivity index (χ0) is 20.1. The first-order valence-corrected chi connectivity index (χ1v) is 9.18. The third-order valence-corrected chi connectivity index (χ3v) is 4.48. The molecular weight excluding hydrogens is 380 g/mol. The van der Waals surface area contributed by atoms with E-state index in [2.05, 4.69) is 20.9 Å². The van der Waals surface area contributed by atoms with Crippen molar-refractivity contribution in [3.63, 3.8) is 0 Å². The SMILES string of the molecule is Cc1ccc(C(=O)NCCCn2ccnn2)cc1NC(=O)c1cc(Cl)cn1C. The van der Waals surface area contributed by atoms with E-state index in [4.69, 9.17) is 11.6 Å². The second kappa shape index (κ2) is 8.71. The van der Waals surface area contributed by atoms with E-state index in [0.29, 0.717) is 35.1 Å². The van der Waals surface area contributed by atoms with Gasteiger partial charge in [0.1, 0.15) is 5.69 Å². The Kier molecular flexibility index (Phi) is 6.10. The lowest BCUT2D eigenvalue weighted by molar-refractivity contribution is 0.0951. The second-order valence-corrected chi connectivity index (χ2v) is 6.85. The molecule has 3 aromatic rings. The van der Waals surface area contributed by atoms with Crippen molar-refractivity contribution in [2.24, 2.45) is 7.05 Å². The van der Waals surface area contributed by atoms with E-state index in [0.717, 1.165) is 12.0 Å². The molecule has 0 bridgehead atoms. The fourth-order valence-corrected chi connectivity index (χ4v) is 2.98. The Morgan fingerprint density at radius 1 is 1.21 bits per heavy atom. The number of anilines is 1. The lowest BCUT2D eigenvalue weighted by Crippen LogP contribution is -2.25. The van der Waals surface area contributed by atoms with E-state index < -0.39 is 0 Å². The number of amides is 2. The Morgan fingerprint density at radius 3 is 2.71 bits per heavy atom. The van der Waals surface area contributed by atoms with Crippen molar-refractivity contribution >= 4 is 29.1 Å². The molecule has 0 atom stereocenters. The van der Waals surface area contributed by atoms with Crippen molar-refractivity contribution in [2.45, 2.75) is 19.9 Å². The number of halogens is 1. The second-order valence-electron chi connectivity index (χ2n) is 6.41. The van der Waals surface area contributed by atoms with Crippen LogP contribution in [0.25, 0.3) is 0 Å². The number of carbonyl (C=O) groups is 2. The normalized spacial score (nSPS) is 10.7.